The lowest BCUT2D eigenvalue weighted by atomic mass is 9.80. The van der Waals surface area contributed by atoms with Crippen LogP contribution in [0.1, 0.15) is 54.2 Å². The Morgan fingerprint density at radius 2 is 1.80 bits per heavy atom. The molecule has 7 heteroatoms. The number of aryl methyl sites for hydroxylation is 1. The molecule has 0 amide bonds. The Labute approximate surface area is 150 Å². The lowest BCUT2D eigenvalue weighted by molar-refractivity contribution is -0.152. The van der Waals surface area contributed by atoms with Gasteiger partial charge in [-0.15, -0.1) is 0 Å². The second-order valence-electron chi connectivity index (χ2n) is 8.43. The van der Waals surface area contributed by atoms with Gasteiger partial charge in [-0.2, -0.15) is 0 Å². The maximum absolute atomic E-state index is 11.9. The Morgan fingerprint density at radius 3 is 2.32 bits per heavy atom. The van der Waals surface area contributed by atoms with Gasteiger partial charge in [0, 0.05) is 11.7 Å². The van der Waals surface area contributed by atoms with Crippen molar-refractivity contribution in [3.63, 3.8) is 0 Å². The molecule has 0 radical (unpaired) electrons. The van der Waals surface area contributed by atoms with Crippen molar-refractivity contribution >= 4 is 24.2 Å². The van der Waals surface area contributed by atoms with Gasteiger partial charge in [0.15, 0.2) is 0 Å². The molecule has 1 aliphatic heterocycles. The van der Waals surface area contributed by atoms with Gasteiger partial charge in [0.2, 0.25) is 0 Å². The lowest BCUT2D eigenvalue weighted by Crippen LogP contribution is -2.41. The highest BCUT2D eigenvalue weighted by Gasteiger charge is 2.51. The second-order valence-corrected chi connectivity index (χ2v) is 8.43. The third-order valence-corrected chi connectivity index (χ3v) is 4.48. The van der Waals surface area contributed by atoms with Gasteiger partial charge in [0.05, 0.1) is 22.6 Å². The van der Waals surface area contributed by atoms with Crippen molar-refractivity contribution in [3.8, 4) is 0 Å². The molecule has 2 heterocycles. The third-order valence-electron chi connectivity index (χ3n) is 4.48. The first-order valence-electron chi connectivity index (χ1n) is 8.59. The quantitative estimate of drug-likeness (QED) is 0.666. The standard InChI is InChI=1S/C18H29BN2O4/c1-12-14(21-11-15(22)23-16(2,3)4)9-13(10-20-12)19-24-17(5,6)18(7,8)25-19/h9-10,21H,11H2,1-8H3. The average Bonchev–Trinajstić information content (AvgIpc) is 2.64. The number of anilines is 1. The molecule has 1 N–H and O–H groups in total. The molecule has 0 spiro atoms. The molecule has 6 nitrogen and oxygen atoms in total. The summed E-state index contributed by atoms with van der Waals surface area (Å²) in [5, 5.41) is 3.09. The van der Waals surface area contributed by atoms with E-state index < -0.39 is 23.9 Å². The Kier molecular flexibility index (Phi) is 5.22. The molecule has 0 aromatic carbocycles. The van der Waals surface area contributed by atoms with E-state index in [1.54, 1.807) is 6.20 Å². The predicted molar refractivity (Wildman–Crippen MR) is 99.0 cm³/mol. The first kappa shape index (κ1) is 19.7. The predicted octanol–water partition coefficient (Wildman–Crippen LogP) is 2.44. The van der Waals surface area contributed by atoms with Gasteiger partial charge in [-0.3, -0.25) is 9.78 Å². The molecule has 1 aromatic heterocycles. The number of pyridine rings is 1. The van der Waals surface area contributed by atoms with Gasteiger partial charge < -0.3 is 19.4 Å². The largest absolute Gasteiger partial charge is 0.496 e. The van der Waals surface area contributed by atoms with Crippen molar-refractivity contribution in [1.82, 2.24) is 4.98 Å². The van der Waals surface area contributed by atoms with E-state index in [4.69, 9.17) is 14.0 Å². The number of carbonyl (C=O) groups excluding carboxylic acids is 1. The molecule has 2 rings (SSSR count). The van der Waals surface area contributed by atoms with Gasteiger partial charge in [0.1, 0.15) is 12.1 Å². The first-order valence-corrected chi connectivity index (χ1v) is 8.59. The van der Waals surface area contributed by atoms with E-state index in [9.17, 15) is 4.79 Å². The molecule has 138 valence electrons. The summed E-state index contributed by atoms with van der Waals surface area (Å²) in [7, 11) is -0.486. The zero-order chi connectivity index (χ0) is 19.0. The highest BCUT2D eigenvalue weighted by Crippen LogP contribution is 2.36. The van der Waals surface area contributed by atoms with Crippen molar-refractivity contribution in [1.29, 1.82) is 0 Å². The van der Waals surface area contributed by atoms with Crippen molar-refractivity contribution in [2.45, 2.75) is 72.2 Å². The van der Waals surface area contributed by atoms with Gasteiger partial charge in [0.25, 0.3) is 0 Å². The number of hydrogen-bond acceptors (Lipinski definition) is 6. The van der Waals surface area contributed by atoms with Gasteiger partial charge >= 0.3 is 13.1 Å². The summed E-state index contributed by atoms with van der Waals surface area (Å²) in [6.07, 6.45) is 1.75. The fourth-order valence-electron chi connectivity index (χ4n) is 2.38. The number of ether oxygens (including phenoxy) is 1. The fraction of sp³-hybridized carbons (Fsp3) is 0.667. The number of nitrogens with one attached hydrogen (secondary N) is 1. The summed E-state index contributed by atoms with van der Waals surface area (Å²) < 4.78 is 17.4. The summed E-state index contributed by atoms with van der Waals surface area (Å²) in [5.74, 6) is -0.312. The van der Waals surface area contributed by atoms with E-state index in [0.29, 0.717) is 0 Å². The molecule has 0 aliphatic carbocycles. The normalized spacial score (nSPS) is 19.0. The van der Waals surface area contributed by atoms with Crippen molar-refractivity contribution < 1.29 is 18.8 Å². The Balaban J connectivity index is 2.10. The van der Waals surface area contributed by atoms with E-state index in [1.165, 1.54) is 0 Å². The summed E-state index contributed by atoms with van der Waals surface area (Å²) >= 11 is 0. The fourth-order valence-corrected chi connectivity index (χ4v) is 2.38. The number of carbonyl (C=O) groups is 1. The first-order chi connectivity index (χ1) is 11.3. The minimum Gasteiger partial charge on any atom is -0.459 e. The second kappa shape index (κ2) is 6.61. The highest BCUT2D eigenvalue weighted by molar-refractivity contribution is 6.62. The van der Waals surface area contributed by atoms with Gasteiger partial charge in [-0.05, 0) is 61.5 Å². The molecule has 1 aromatic rings. The lowest BCUT2D eigenvalue weighted by Gasteiger charge is -2.32. The van der Waals surface area contributed by atoms with E-state index in [0.717, 1.165) is 16.8 Å². The molecule has 0 saturated carbocycles. The van der Waals surface area contributed by atoms with Gasteiger partial charge in [-0.1, -0.05) is 0 Å². The minimum atomic E-state index is -0.503. The Morgan fingerprint density at radius 1 is 1.24 bits per heavy atom. The summed E-state index contributed by atoms with van der Waals surface area (Å²) in [4.78, 5) is 16.3. The van der Waals surface area contributed by atoms with Crippen LogP contribution in [-0.4, -0.2) is 41.4 Å². The molecule has 25 heavy (non-hydrogen) atoms. The number of esters is 1. The molecule has 1 fully saturated rings. The molecule has 1 saturated heterocycles. The molecule has 1 aliphatic rings. The maximum atomic E-state index is 11.9. The van der Waals surface area contributed by atoms with E-state index in [1.807, 2.05) is 61.5 Å². The minimum absolute atomic E-state index is 0.0760. The number of aromatic nitrogens is 1. The van der Waals surface area contributed by atoms with Gasteiger partial charge in [-0.25, -0.2) is 0 Å². The van der Waals surface area contributed by atoms with Crippen LogP contribution in [0.15, 0.2) is 12.3 Å². The summed E-state index contributed by atoms with van der Waals surface area (Å²) in [5.41, 5.74) is 1.05. The maximum Gasteiger partial charge on any atom is 0.496 e. The van der Waals surface area contributed by atoms with Crippen LogP contribution in [0, 0.1) is 6.92 Å². The van der Waals surface area contributed by atoms with E-state index in [2.05, 4.69) is 10.3 Å². The highest BCUT2D eigenvalue weighted by atomic mass is 16.7. The Bertz CT molecular complexity index is 637. The van der Waals surface area contributed by atoms with E-state index in [-0.39, 0.29) is 12.5 Å². The van der Waals surface area contributed by atoms with E-state index >= 15 is 0 Å². The molecular formula is C18H29BN2O4. The number of nitrogens with zero attached hydrogens (tertiary/aromatic N) is 1. The number of rotatable bonds is 4. The van der Waals surface area contributed by atoms with Crippen molar-refractivity contribution in [2.75, 3.05) is 11.9 Å². The van der Waals surface area contributed by atoms with Crippen LogP contribution in [-0.2, 0) is 18.8 Å². The molecule has 0 unspecified atom stereocenters. The van der Waals surface area contributed by atoms with Crippen molar-refractivity contribution in [3.05, 3.63) is 18.0 Å². The van der Waals surface area contributed by atoms with Crippen LogP contribution in [0.4, 0.5) is 5.69 Å². The SMILES string of the molecule is Cc1ncc(B2OC(C)(C)C(C)(C)O2)cc1NCC(=O)OC(C)(C)C. The topological polar surface area (TPSA) is 69.7 Å². The van der Waals surface area contributed by atoms with Crippen LogP contribution in [0.25, 0.3) is 0 Å². The number of hydrogen-bond donors (Lipinski definition) is 1. The monoisotopic (exact) mass is 348 g/mol. The summed E-state index contributed by atoms with van der Waals surface area (Å²) in [6, 6.07) is 1.91. The van der Waals surface area contributed by atoms with Crippen LogP contribution in [0.2, 0.25) is 0 Å². The molecular weight excluding hydrogens is 319 g/mol. The van der Waals surface area contributed by atoms with Crippen LogP contribution < -0.4 is 10.8 Å². The zero-order valence-corrected chi connectivity index (χ0v) is 16.5. The Hall–Kier alpha value is -1.60. The van der Waals surface area contributed by atoms with Crippen LogP contribution in [0.3, 0.4) is 0 Å². The van der Waals surface area contributed by atoms with Crippen LogP contribution >= 0.6 is 0 Å². The zero-order valence-electron chi connectivity index (χ0n) is 16.5. The average molecular weight is 348 g/mol. The van der Waals surface area contributed by atoms with Crippen molar-refractivity contribution in [2.24, 2.45) is 0 Å². The smallest absolute Gasteiger partial charge is 0.459 e. The molecule has 0 bridgehead atoms. The molecule has 0 atom stereocenters. The van der Waals surface area contributed by atoms with Crippen LogP contribution in [0.5, 0.6) is 0 Å². The third kappa shape index (κ3) is 4.73. The summed E-state index contributed by atoms with van der Waals surface area (Å²) in [6.45, 7) is 15.5.